The third kappa shape index (κ3) is 3.82. The van der Waals surface area contributed by atoms with Crippen molar-refractivity contribution >= 4 is 33.6 Å². The van der Waals surface area contributed by atoms with Crippen molar-refractivity contribution in [2.75, 3.05) is 46.4 Å². The number of carbonyl (C=O) groups excluding carboxylic acids is 2. The van der Waals surface area contributed by atoms with Crippen molar-refractivity contribution in [3.05, 3.63) is 29.3 Å². The van der Waals surface area contributed by atoms with Crippen LogP contribution < -0.4 is 5.32 Å². The van der Waals surface area contributed by atoms with Crippen molar-refractivity contribution in [1.82, 2.24) is 20.1 Å². The molecule has 0 unspecified atom stereocenters. The molecule has 1 aliphatic heterocycles. The van der Waals surface area contributed by atoms with Crippen LogP contribution in [0.5, 0.6) is 0 Å². The fraction of sp³-hybridized carbons (Fsp3) is 0.438. The van der Waals surface area contributed by atoms with Gasteiger partial charge in [-0.05, 0) is 18.2 Å². The molecule has 0 bridgehead atoms. The number of carbonyl (C=O) groups is 2. The second kappa shape index (κ2) is 7.59. The van der Waals surface area contributed by atoms with Gasteiger partial charge in [0.15, 0.2) is 0 Å². The van der Waals surface area contributed by atoms with Crippen LogP contribution in [0, 0.1) is 0 Å². The third-order valence-electron chi connectivity index (χ3n) is 4.11. The Morgan fingerprint density at radius 1 is 1.29 bits per heavy atom. The number of nitrogens with zero attached hydrogens (tertiary/aromatic N) is 3. The summed E-state index contributed by atoms with van der Waals surface area (Å²) in [5, 5.41) is 2.95. The molecule has 3 rings (SSSR count). The Kier molecular flexibility index (Phi) is 5.27. The average molecular weight is 348 g/mol. The summed E-state index contributed by atoms with van der Waals surface area (Å²) in [4.78, 5) is 31.8. The minimum atomic E-state index is -0.276. The largest absolute Gasteiger partial charge is 0.453 e. The zero-order valence-corrected chi connectivity index (χ0v) is 14.3. The fourth-order valence-electron chi connectivity index (χ4n) is 2.71. The predicted octanol–water partition coefficient (Wildman–Crippen LogP) is 1.41. The lowest BCUT2D eigenvalue weighted by Crippen LogP contribution is -2.50. The van der Waals surface area contributed by atoms with Gasteiger partial charge in [-0.25, -0.2) is 9.78 Å². The molecule has 1 N–H and O–H groups in total. The van der Waals surface area contributed by atoms with E-state index in [9.17, 15) is 9.59 Å². The molecule has 0 saturated carbocycles. The lowest BCUT2D eigenvalue weighted by Gasteiger charge is -2.33. The summed E-state index contributed by atoms with van der Waals surface area (Å²) in [6, 6.07) is 5.54. The first kappa shape index (κ1) is 16.7. The fourth-order valence-corrected chi connectivity index (χ4v) is 3.43. The van der Waals surface area contributed by atoms with Gasteiger partial charge < -0.3 is 15.0 Å². The normalized spacial score (nSPS) is 15.5. The number of aromatic nitrogens is 1. The van der Waals surface area contributed by atoms with Crippen LogP contribution in [0.4, 0.5) is 4.79 Å². The topological polar surface area (TPSA) is 74.8 Å². The number of benzene rings is 1. The Morgan fingerprint density at radius 3 is 2.83 bits per heavy atom. The number of rotatable bonds is 4. The minimum absolute atomic E-state index is 0.0708. The highest BCUT2D eigenvalue weighted by Gasteiger charge is 2.21. The number of hydrogen-bond donors (Lipinski definition) is 1. The van der Waals surface area contributed by atoms with Crippen molar-refractivity contribution in [2.24, 2.45) is 0 Å². The van der Waals surface area contributed by atoms with Gasteiger partial charge in [0.25, 0.3) is 5.91 Å². The molecule has 7 nitrogen and oxygen atoms in total. The average Bonchev–Trinajstić information content (AvgIpc) is 3.09. The van der Waals surface area contributed by atoms with E-state index in [4.69, 9.17) is 4.74 Å². The Morgan fingerprint density at radius 2 is 2.08 bits per heavy atom. The molecule has 1 fully saturated rings. The standard InChI is InChI=1S/C16H20N4O3S/c1-23-16(22)20-8-6-19(7-9-20)5-4-17-15(21)12-2-3-13-14(10-12)24-11-18-13/h2-3,10-11H,4-9H2,1H3,(H,17,21). The molecule has 2 amide bonds. The van der Waals surface area contributed by atoms with E-state index in [0.717, 1.165) is 29.9 Å². The summed E-state index contributed by atoms with van der Waals surface area (Å²) < 4.78 is 5.73. The molecule has 2 heterocycles. The molecule has 8 heteroatoms. The minimum Gasteiger partial charge on any atom is -0.453 e. The molecule has 0 atom stereocenters. The molecule has 1 aromatic heterocycles. The van der Waals surface area contributed by atoms with E-state index < -0.39 is 0 Å². The second-order valence-electron chi connectivity index (χ2n) is 5.59. The van der Waals surface area contributed by atoms with Gasteiger partial charge >= 0.3 is 6.09 Å². The molecule has 1 aliphatic rings. The van der Waals surface area contributed by atoms with Crippen LogP contribution >= 0.6 is 11.3 Å². The van der Waals surface area contributed by atoms with Gasteiger partial charge in [-0.15, -0.1) is 11.3 Å². The highest BCUT2D eigenvalue weighted by molar-refractivity contribution is 7.16. The zero-order chi connectivity index (χ0) is 16.9. The molecule has 0 aliphatic carbocycles. The number of ether oxygens (including phenoxy) is 1. The van der Waals surface area contributed by atoms with Crippen molar-refractivity contribution in [3.63, 3.8) is 0 Å². The lowest BCUT2D eigenvalue weighted by molar-refractivity contribution is 0.0885. The smallest absolute Gasteiger partial charge is 0.409 e. The Balaban J connectivity index is 1.43. The maximum atomic E-state index is 12.2. The van der Waals surface area contributed by atoms with Gasteiger partial charge in [0, 0.05) is 44.8 Å². The number of amides is 2. The Labute approximate surface area is 144 Å². The van der Waals surface area contributed by atoms with Crippen LogP contribution in [0.2, 0.25) is 0 Å². The molecular formula is C16H20N4O3S. The van der Waals surface area contributed by atoms with Crippen LogP contribution in [-0.2, 0) is 4.74 Å². The first-order chi connectivity index (χ1) is 11.7. The number of nitrogens with one attached hydrogen (secondary N) is 1. The van der Waals surface area contributed by atoms with Gasteiger partial charge in [-0.1, -0.05) is 0 Å². The summed E-state index contributed by atoms with van der Waals surface area (Å²) in [5.41, 5.74) is 3.35. The summed E-state index contributed by atoms with van der Waals surface area (Å²) in [6.45, 7) is 4.24. The van der Waals surface area contributed by atoms with Gasteiger partial charge in [0.1, 0.15) is 0 Å². The maximum Gasteiger partial charge on any atom is 0.409 e. The molecule has 24 heavy (non-hydrogen) atoms. The van der Waals surface area contributed by atoms with E-state index in [-0.39, 0.29) is 12.0 Å². The molecular weight excluding hydrogens is 328 g/mol. The number of hydrogen-bond acceptors (Lipinski definition) is 6. The highest BCUT2D eigenvalue weighted by Crippen LogP contribution is 2.18. The number of piperazine rings is 1. The van der Waals surface area contributed by atoms with Crippen LogP contribution in [0.3, 0.4) is 0 Å². The number of methoxy groups -OCH3 is 1. The predicted molar refractivity (Wildman–Crippen MR) is 92.4 cm³/mol. The Hall–Kier alpha value is -2.19. The maximum absolute atomic E-state index is 12.2. The Bertz CT molecular complexity index is 725. The van der Waals surface area contributed by atoms with Crippen LogP contribution in [0.1, 0.15) is 10.4 Å². The zero-order valence-electron chi connectivity index (χ0n) is 13.5. The lowest BCUT2D eigenvalue weighted by atomic mass is 10.2. The summed E-state index contributed by atoms with van der Waals surface area (Å²) in [6.07, 6.45) is -0.276. The van der Waals surface area contributed by atoms with E-state index in [2.05, 4.69) is 15.2 Å². The van der Waals surface area contributed by atoms with Crippen molar-refractivity contribution in [1.29, 1.82) is 0 Å². The third-order valence-corrected chi connectivity index (χ3v) is 4.90. The van der Waals surface area contributed by atoms with Crippen molar-refractivity contribution in [3.8, 4) is 0 Å². The molecule has 0 radical (unpaired) electrons. The van der Waals surface area contributed by atoms with E-state index in [0.29, 0.717) is 25.2 Å². The summed E-state index contributed by atoms with van der Waals surface area (Å²) >= 11 is 1.53. The molecule has 1 saturated heterocycles. The van der Waals surface area contributed by atoms with E-state index >= 15 is 0 Å². The number of thiazole rings is 1. The van der Waals surface area contributed by atoms with Crippen molar-refractivity contribution < 1.29 is 14.3 Å². The van der Waals surface area contributed by atoms with Crippen molar-refractivity contribution in [2.45, 2.75) is 0 Å². The SMILES string of the molecule is COC(=O)N1CCN(CCNC(=O)c2ccc3ncsc3c2)CC1. The summed E-state index contributed by atoms with van der Waals surface area (Å²) in [5.74, 6) is -0.0708. The van der Waals surface area contributed by atoms with E-state index in [1.807, 2.05) is 12.1 Å². The molecule has 128 valence electrons. The first-order valence-electron chi connectivity index (χ1n) is 7.84. The monoisotopic (exact) mass is 348 g/mol. The van der Waals surface area contributed by atoms with Gasteiger partial charge in [0.2, 0.25) is 0 Å². The summed E-state index contributed by atoms with van der Waals surface area (Å²) in [7, 11) is 1.40. The number of fused-ring (bicyclic) bond motifs is 1. The van der Waals surface area contributed by atoms with Crippen LogP contribution in [0.15, 0.2) is 23.7 Å². The highest BCUT2D eigenvalue weighted by atomic mass is 32.1. The first-order valence-corrected chi connectivity index (χ1v) is 8.72. The van der Waals surface area contributed by atoms with Gasteiger partial charge in [-0.2, -0.15) is 0 Å². The molecule has 0 spiro atoms. The van der Waals surface area contributed by atoms with Crippen LogP contribution in [0.25, 0.3) is 10.2 Å². The van der Waals surface area contributed by atoms with E-state index in [1.54, 1.807) is 16.5 Å². The van der Waals surface area contributed by atoms with Crippen LogP contribution in [-0.4, -0.2) is 73.2 Å². The molecule has 2 aromatic rings. The van der Waals surface area contributed by atoms with Gasteiger partial charge in [0.05, 0.1) is 22.8 Å². The van der Waals surface area contributed by atoms with E-state index in [1.165, 1.54) is 18.4 Å². The second-order valence-corrected chi connectivity index (χ2v) is 6.48. The van der Waals surface area contributed by atoms with Gasteiger partial charge in [-0.3, -0.25) is 9.69 Å². The quantitative estimate of drug-likeness (QED) is 0.904. The molecule has 1 aromatic carbocycles.